The van der Waals surface area contributed by atoms with Crippen LogP contribution in [-0.4, -0.2) is 54.2 Å². The van der Waals surface area contributed by atoms with Crippen LogP contribution in [0.1, 0.15) is 18.1 Å². The average Bonchev–Trinajstić information content (AvgIpc) is 2.48. The number of piperazine rings is 1. The lowest BCUT2D eigenvalue weighted by Gasteiger charge is -2.34. The molecule has 3 nitrogen and oxygen atoms in total. The van der Waals surface area contributed by atoms with Crippen LogP contribution >= 0.6 is 0 Å². The van der Waals surface area contributed by atoms with Crippen molar-refractivity contribution in [1.29, 1.82) is 0 Å². The molecule has 0 radical (unpaired) electrons. The molecule has 0 bridgehead atoms. The lowest BCUT2D eigenvalue weighted by Crippen LogP contribution is -2.45. The number of hydrogen-bond donors (Lipinski definition) is 1. The summed E-state index contributed by atoms with van der Waals surface area (Å²) >= 11 is 0. The van der Waals surface area contributed by atoms with Crippen LogP contribution in [0.25, 0.3) is 0 Å². The summed E-state index contributed by atoms with van der Waals surface area (Å²) in [6.45, 7) is 8.06. The molecule has 4 heteroatoms. The lowest BCUT2D eigenvalue weighted by atomic mass is 10.1. The highest BCUT2D eigenvalue weighted by atomic mass is 19.1. The Balaban J connectivity index is 2.05. The maximum absolute atomic E-state index is 13.3. The first-order chi connectivity index (χ1) is 9.72. The van der Waals surface area contributed by atoms with Crippen LogP contribution in [-0.2, 0) is 6.54 Å². The molecule has 0 amide bonds. The van der Waals surface area contributed by atoms with Crippen molar-refractivity contribution >= 4 is 0 Å². The van der Waals surface area contributed by atoms with Crippen LogP contribution in [0.2, 0.25) is 0 Å². The molecule has 1 aromatic carbocycles. The Labute approximate surface area is 120 Å². The van der Waals surface area contributed by atoms with Crippen molar-refractivity contribution < 1.29 is 9.50 Å². The van der Waals surface area contributed by atoms with Crippen molar-refractivity contribution in [2.45, 2.75) is 13.5 Å². The maximum atomic E-state index is 13.3. The number of benzene rings is 1. The minimum absolute atomic E-state index is 0.203. The van der Waals surface area contributed by atoms with Crippen LogP contribution in [0.3, 0.4) is 0 Å². The summed E-state index contributed by atoms with van der Waals surface area (Å²) in [5.74, 6) is 5.15. The van der Waals surface area contributed by atoms with E-state index in [1.54, 1.807) is 6.07 Å². The highest BCUT2D eigenvalue weighted by Gasteiger charge is 2.16. The number of aliphatic hydroxyl groups is 1. The normalized spacial score (nSPS) is 16.8. The van der Waals surface area contributed by atoms with Gasteiger partial charge in [0.2, 0.25) is 0 Å². The maximum Gasteiger partial charge on any atom is 0.124 e. The van der Waals surface area contributed by atoms with E-state index in [2.05, 4.69) is 28.6 Å². The number of halogens is 1. The quantitative estimate of drug-likeness (QED) is 0.843. The van der Waals surface area contributed by atoms with Gasteiger partial charge in [-0.25, -0.2) is 4.39 Å². The highest BCUT2D eigenvalue weighted by Crippen LogP contribution is 2.14. The molecule has 20 heavy (non-hydrogen) atoms. The molecule has 1 heterocycles. The van der Waals surface area contributed by atoms with Crippen LogP contribution < -0.4 is 0 Å². The fourth-order valence-corrected chi connectivity index (χ4v) is 2.44. The van der Waals surface area contributed by atoms with Crippen molar-refractivity contribution in [2.75, 3.05) is 39.3 Å². The van der Waals surface area contributed by atoms with Gasteiger partial charge in [-0.1, -0.05) is 24.8 Å². The van der Waals surface area contributed by atoms with E-state index in [0.29, 0.717) is 5.56 Å². The molecule has 1 aliphatic heterocycles. The van der Waals surface area contributed by atoms with Crippen molar-refractivity contribution in [3.8, 4) is 11.8 Å². The summed E-state index contributed by atoms with van der Waals surface area (Å²) in [4.78, 5) is 4.79. The molecule has 0 unspecified atom stereocenters. The summed E-state index contributed by atoms with van der Waals surface area (Å²) < 4.78 is 13.3. The standard InChI is InChI=1S/C16H21FN2O/c1-2-18-7-9-19(10-8-18)13-15-5-6-16(17)12-14(15)4-3-11-20/h5-6,12,20H,2,7-11,13H2,1H3. The molecule has 1 aromatic rings. The van der Waals surface area contributed by atoms with Crippen molar-refractivity contribution in [3.05, 3.63) is 35.1 Å². The molecule has 1 aliphatic rings. The Morgan fingerprint density at radius 2 is 1.90 bits per heavy atom. The third-order valence-electron chi connectivity index (χ3n) is 3.68. The van der Waals surface area contributed by atoms with E-state index < -0.39 is 0 Å². The molecule has 2 rings (SSSR count). The monoisotopic (exact) mass is 276 g/mol. The molecule has 1 fully saturated rings. The van der Waals surface area contributed by atoms with Gasteiger partial charge in [0, 0.05) is 38.3 Å². The average molecular weight is 276 g/mol. The fourth-order valence-electron chi connectivity index (χ4n) is 2.44. The first kappa shape index (κ1) is 15.0. The zero-order valence-corrected chi connectivity index (χ0v) is 11.9. The Bertz CT molecular complexity index is 499. The number of nitrogens with zero attached hydrogens (tertiary/aromatic N) is 2. The summed E-state index contributed by atoms with van der Waals surface area (Å²) in [7, 11) is 0. The Morgan fingerprint density at radius 1 is 1.20 bits per heavy atom. The largest absolute Gasteiger partial charge is 0.384 e. The van der Waals surface area contributed by atoms with E-state index in [1.165, 1.54) is 12.1 Å². The number of likely N-dealkylation sites (N-methyl/N-ethyl adjacent to an activating group) is 1. The van der Waals surface area contributed by atoms with Gasteiger partial charge in [-0.15, -0.1) is 0 Å². The molecule has 0 aromatic heterocycles. The minimum Gasteiger partial charge on any atom is -0.384 e. The lowest BCUT2D eigenvalue weighted by molar-refractivity contribution is 0.132. The van der Waals surface area contributed by atoms with Gasteiger partial charge in [-0.05, 0) is 24.2 Å². The zero-order valence-electron chi connectivity index (χ0n) is 11.9. The van der Waals surface area contributed by atoms with Gasteiger partial charge in [0.05, 0.1) is 0 Å². The van der Waals surface area contributed by atoms with Gasteiger partial charge in [0.15, 0.2) is 0 Å². The molecule has 1 N–H and O–H groups in total. The van der Waals surface area contributed by atoms with E-state index in [1.807, 2.05) is 0 Å². The highest BCUT2D eigenvalue weighted by molar-refractivity contribution is 5.41. The van der Waals surface area contributed by atoms with Crippen molar-refractivity contribution in [2.24, 2.45) is 0 Å². The van der Waals surface area contributed by atoms with Gasteiger partial charge in [-0.2, -0.15) is 0 Å². The second-order valence-electron chi connectivity index (χ2n) is 4.97. The Hall–Kier alpha value is -1.41. The first-order valence-corrected chi connectivity index (χ1v) is 7.05. The van der Waals surface area contributed by atoms with Gasteiger partial charge in [-0.3, -0.25) is 4.90 Å². The van der Waals surface area contributed by atoms with Gasteiger partial charge in [0.1, 0.15) is 12.4 Å². The zero-order chi connectivity index (χ0) is 14.4. The molecule has 0 aliphatic carbocycles. The SMILES string of the molecule is CCN1CCN(Cc2ccc(F)cc2C#CCO)CC1. The summed E-state index contributed by atoms with van der Waals surface area (Å²) in [5.41, 5.74) is 1.70. The molecule has 0 spiro atoms. The molecule has 0 atom stereocenters. The van der Waals surface area contributed by atoms with Crippen LogP contribution in [0.4, 0.5) is 4.39 Å². The molecule has 0 saturated carbocycles. The fraction of sp³-hybridized carbons (Fsp3) is 0.500. The van der Waals surface area contributed by atoms with Crippen molar-refractivity contribution in [3.63, 3.8) is 0 Å². The van der Waals surface area contributed by atoms with Gasteiger partial charge in [0.25, 0.3) is 0 Å². The summed E-state index contributed by atoms with van der Waals surface area (Å²) in [6, 6.07) is 4.71. The number of hydrogen-bond acceptors (Lipinski definition) is 3. The topological polar surface area (TPSA) is 26.7 Å². The van der Waals surface area contributed by atoms with E-state index in [0.717, 1.165) is 44.8 Å². The second kappa shape index (κ2) is 7.39. The number of rotatable bonds is 3. The second-order valence-corrected chi connectivity index (χ2v) is 4.97. The molecule has 1 saturated heterocycles. The van der Waals surface area contributed by atoms with Gasteiger partial charge < -0.3 is 10.0 Å². The first-order valence-electron chi connectivity index (χ1n) is 7.05. The van der Waals surface area contributed by atoms with Crippen molar-refractivity contribution in [1.82, 2.24) is 9.80 Å². The van der Waals surface area contributed by atoms with Crippen LogP contribution in [0.5, 0.6) is 0 Å². The molecular weight excluding hydrogens is 255 g/mol. The summed E-state index contributed by atoms with van der Waals surface area (Å²) in [6.07, 6.45) is 0. The predicted octanol–water partition coefficient (Wildman–Crippen LogP) is 1.31. The van der Waals surface area contributed by atoms with E-state index >= 15 is 0 Å². The smallest absolute Gasteiger partial charge is 0.124 e. The molecular formula is C16H21FN2O. The minimum atomic E-state index is -0.285. The third-order valence-corrected chi connectivity index (χ3v) is 3.68. The third kappa shape index (κ3) is 4.04. The van der Waals surface area contributed by atoms with E-state index in [9.17, 15) is 4.39 Å². The Kier molecular flexibility index (Phi) is 5.54. The van der Waals surface area contributed by atoms with Crippen LogP contribution in [0.15, 0.2) is 18.2 Å². The summed E-state index contributed by atoms with van der Waals surface area (Å²) in [5, 5.41) is 8.78. The predicted molar refractivity (Wildman–Crippen MR) is 77.8 cm³/mol. The van der Waals surface area contributed by atoms with Gasteiger partial charge >= 0.3 is 0 Å². The number of aliphatic hydroxyl groups excluding tert-OH is 1. The van der Waals surface area contributed by atoms with E-state index in [-0.39, 0.29) is 12.4 Å². The van der Waals surface area contributed by atoms with E-state index in [4.69, 9.17) is 5.11 Å². The Morgan fingerprint density at radius 3 is 2.55 bits per heavy atom. The van der Waals surface area contributed by atoms with Crippen LogP contribution in [0, 0.1) is 17.7 Å². The molecule has 108 valence electrons.